The van der Waals surface area contributed by atoms with Gasteiger partial charge in [0.05, 0.1) is 27.3 Å². The zero-order chi connectivity index (χ0) is 18.1. The van der Waals surface area contributed by atoms with Crippen molar-refractivity contribution >= 4 is 26.9 Å². The molecule has 0 unspecified atom stereocenters. The van der Waals surface area contributed by atoms with Crippen LogP contribution in [0.15, 0.2) is 23.4 Å². The third-order valence-corrected chi connectivity index (χ3v) is 8.00. The Hall–Kier alpha value is -1.47. The summed E-state index contributed by atoms with van der Waals surface area (Å²) in [4.78, 5) is 10.3. The van der Waals surface area contributed by atoms with Gasteiger partial charge in [-0.05, 0) is 58.6 Å². The standard InChI is InChI=1S/C18H25N3O2S2/c1-18(2,3)25(22,23)17-9-8-13(12-20-17)19-11-10-16-21-14-6-4-5-7-15(14)24-16/h8-9,12,19H,4-7,10-11H2,1-3H3. The molecule has 0 radical (unpaired) electrons. The van der Waals surface area contributed by atoms with Gasteiger partial charge in [-0.3, -0.25) is 0 Å². The number of pyridine rings is 1. The molecule has 3 rings (SSSR count). The van der Waals surface area contributed by atoms with Gasteiger partial charge in [0.25, 0.3) is 0 Å². The molecule has 2 aromatic heterocycles. The summed E-state index contributed by atoms with van der Waals surface area (Å²) in [6.07, 6.45) is 7.29. The first-order chi connectivity index (χ1) is 11.8. The number of hydrogen-bond donors (Lipinski definition) is 1. The van der Waals surface area contributed by atoms with Gasteiger partial charge in [-0.2, -0.15) is 0 Å². The molecular weight excluding hydrogens is 354 g/mol. The molecule has 0 saturated heterocycles. The van der Waals surface area contributed by atoms with E-state index in [1.54, 1.807) is 39.1 Å². The van der Waals surface area contributed by atoms with Crippen molar-refractivity contribution in [2.45, 2.75) is 62.6 Å². The second-order valence-corrected chi connectivity index (χ2v) is 11.2. The van der Waals surface area contributed by atoms with Gasteiger partial charge in [0.1, 0.15) is 0 Å². The first-order valence-corrected chi connectivity index (χ1v) is 11.0. The average molecular weight is 380 g/mol. The van der Waals surface area contributed by atoms with Crippen molar-refractivity contribution in [2.24, 2.45) is 0 Å². The fourth-order valence-electron chi connectivity index (χ4n) is 2.78. The fraction of sp³-hybridized carbons (Fsp3) is 0.556. The highest BCUT2D eigenvalue weighted by atomic mass is 32.2. The smallest absolute Gasteiger partial charge is 0.200 e. The van der Waals surface area contributed by atoms with Crippen molar-refractivity contribution in [3.05, 3.63) is 33.9 Å². The molecule has 2 aromatic rings. The number of sulfone groups is 1. The van der Waals surface area contributed by atoms with Crippen LogP contribution in [0, 0.1) is 0 Å². The quantitative estimate of drug-likeness (QED) is 0.859. The van der Waals surface area contributed by atoms with Crippen LogP contribution in [0.1, 0.15) is 49.2 Å². The van der Waals surface area contributed by atoms with Crippen LogP contribution in [0.2, 0.25) is 0 Å². The zero-order valence-electron chi connectivity index (χ0n) is 15.0. The molecule has 1 aliphatic rings. The normalized spacial score (nSPS) is 15.0. The summed E-state index contributed by atoms with van der Waals surface area (Å²) in [6, 6.07) is 3.35. The van der Waals surface area contributed by atoms with Gasteiger partial charge in [-0.25, -0.2) is 18.4 Å². The molecule has 0 amide bonds. The van der Waals surface area contributed by atoms with Crippen molar-refractivity contribution in [1.82, 2.24) is 9.97 Å². The molecule has 2 heterocycles. The Morgan fingerprint density at radius 2 is 1.96 bits per heavy atom. The number of rotatable bonds is 5. The lowest BCUT2D eigenvalue weighted by Gasteiger charge is -2.18. The third kappa shape index (κ3) is 4.03. The van der Waals surface area contributed by atoms with Gasteiger partial charge < -0.3 is 5.32 Å². The molecular formula is C18H25N3O2S2. The number of aryl methyl sites for hydroxylation is 2. The summed E-state index contributed by atoms with van der Waals surface area (Å²) in [6.45, 7) is 5.82. The van der Waals surface area contributed by atoms with Crippen molar-refractivity contribution in [2.75, 3.05) is 11.9 Å². The first kappa shape index (κ1) is 18.3. The third-order valence-electron chi connectivity index (χ3n) is 4.38. The molecule has 7 heteroatoms. The highest BCUT2D eigenvalue weighted by Gasteiger charge is 2.31. The van der Waals surface area contributed by atoms with E-state index >= 15 is 0 Å². The number of anilines is 1. The summed E-state index contributed by atoms with van der Waals surface area (Å²) in [5.74, 6) is 0. The topological polar surface area (TPSA) is 72.0 Å². The molecule has 1 N–H and O–H groups in total. The molecule has 0 fully saturated rings. The molecule has 0 spiro atoms. The van der Waals surface area contributed by atoms with Crippen LogP contribution >= 0.6 is 11.3 Å². The number of aromatic nitrogens is 2. The number of fused-ring (bicyclic) bond motifs is 1. The monoisotopic (exact) mass is 379 g/mol. The van der Waals surface area contributed by atoms with Crippen molar-refractivity contribution < 1.29 is 8.42 Å². The maximum absolute atomic E-state index is 12.4. The van der Waals surface area contributed by atoms with E-state index < -0.39 is 14.6 Å². The van der Waals surface area contributed by atoms with Crippen molar-refractivity contribution in [1.29, 1.82) is 0 Å². The predicted octanol–water partition coefficient (Wildman–Crippen LogP) is 3.64. The Labute approximate surface area is 153 Å². The first-order valence-electron chi connectivity index (χ1n) is 8.69. The zero-order valence-corrected chi connectivity index (χ0v) is 16.6. The lowest BCUT2D eigenvalue weighted by Crippen LogP contribution is -2.28. The van der Waals surface area contributed by atoms with E-state index in [1.165, 1.54) is 34.8 Å². The van der Waals surface area contributed by atoms with Gasteiger partial charge in [0.15, 0.2) is 14.9 Å². The van der Waals surface area contributed by atoms with Crippen LogP contribution in [0.25, 0.3) is 0 Å². The van der Waals surface area contributed by atoms with Crippen LogP contribution in [0.3, 0.4) is 0 Å². The second kappa shape index (κ2) is 7.03. The van der Waals surface area contributed by atoms with Crippen molar-refractivity contribution in [3.8, 4) is 0 Å². The minimum atomic E-state index is -3.41. The largest absolute Gasteiger partial charge is 0.383 e. The molecule has 25 heavy (non-hydrogen) atoms. The second-order valence-electron chi connectivity index (χ2n) is 7.36. The Morgan fingerprint density at radius 1 is 1.20 bits per heavy atom. The number of nitrogens with one attached hydrogen (secondary N) is 1. The molecule has 0 atom stereocenters. The van der Waals surface area contributed by atoms with Crippen LogP contribution in [0.5, 0.6) is 0 Å². The molecule has 5 nitrogen and oxygen atoms in total. The van der Waals surface area contributed by atoms with E-state index in [0.29, 0.717) is 0 Å². The SMILES string of the molecule is CC(C)(C)S(=O)(=O)c1ccc(NCCc2nc3c(s2)CCCC3)cn1. The highest BCUT2D eigenvalue weighted by molar-refractivity contribution is 7.92. The van der Waals surface area contributed by atoms with Gasteiger partial charge in [0.2, 0.25) is 0 Å². The summed E-state index contributed by atoms with van der Waals surface area (Å²) < 4.78 is 23.9. The number of nitrogens with zero attached hydrogens (tertiary/aromatic N) is 2. The lowest BCUT2D eigenvalue weighted by atomic mass is 10.0. The van der Waals surface area contributed by atoms with Gasteiger partial charge in [-0.1, -0.05) is 0 Å². The molecule has 0 aliphatic heterocycles. The summed E-state index contributed by atoms with van der Waals surface area (Å²) >= 11 is 1.83. The van der Waals surface area contributed by atoms with E-state index in [0.717, 1.165) is 25.1 Å². The maximum atomic E-state index is 12.4. The van der Waals surface area contributed by atoms with E-state index in [1.807, 2.05) is 11.3 Å². The number of thiazole rings is 1. The Kier molecular flexibility index (Phi) is 5.16. The van der Waals surface area contributed by atoms with Crippen LogP contribution < -0.4 is 5.32 Å². The molecule has 0 saturated carbocycles. The molecule has 0 aromatic carbocycles. The van der Waals surface area contributed by atoms with Gasteiger partial charge in [-0.15, -0.1) is 11.3 Å². The van der Waals surface area contributed by atoms with Crippen LogP contribution in [0.4, 0.5) is 5.69 Å². The van der Waals surface area contributed by atoms with E-state index in [9.17, 15) is 8.42 Å². The highest BCUT2D eigenvalue weighted by Crippen LogP contribution is 2.27. The average Bonchev–Trinajstić information content (AvgIpc) is 2.97. The summed E-state index contributed by atoms with van der Waals surface area (Å²) in [5.41, 5.74) is 2.12. The van der Waals surface area contributed by atoms with E-state index in [-0.39, 0.29) is 5.03 Å². The van der Waals surface area contributed by atoms with Crippen LogP contribution in [-0.4, -0.2) is 29.7 Å². The Morgan fingerprint density at radius 3 is 2.60 bits per heavy atom. The van der Waals surface area contributed by atoms with Gasteiger partial charge >= 0.3 is 0 Å². The summed E-state index contributed by atoms with van der Waals surface area (Å²) in [5, 5.41) is 4.60. The van der Waals surface area contributed by atoms with Crippen LogP contribution in [-0.2, 0) is 29.1 Å². The molecule has 0 bridgehead atoms. The Bertz CT molecular complexity index is 811. The minimum absolute atomic E-state index is 0.123. The number of hydrogen-bond acceptors (Lipinski definition) is 6. The van der Waals surface area contributed by atoms with Crippen molar-refractivity contribution in [3.63, 3.8) is 0 Å². The van der Waals surface area contributed by atoms with E-state index in [4.69, 9.17) is 4.98 Å². The molecule has 1 aliphatic carbocycles. The van der Waals surface area contributed by atoms with E-state index in [2.05, 4.69) is 10.3 Å². The lowest BCUT2D eigenvalue weighted by molar-refractivity contribution is 0.556. The minimum Gasteiger partial charge on any atom is -0.383 e. The summed E-state index contributed by atoms with van der Waals surface area (Å²) in [7, 11) is -3.41. The maximum Gasteiger partial charge on any atom is 0.200 e. The van der Waals surface area contributed by atoms with Gasteiger partial charge in [0, 0.05) is 17.8 Å². The predicted molar refractivity (Wildman–Crippen MR) is 102 cm³/mol. The molecule has 136 valence electrons. The fourth-order valence-corrected chi connectivity index (χ4v) is 5.01. The Balaban J connectivity index is 1.58.